The van der Waals surface area contributed by atoms with E-state index in [2.05, 4.69) is 11.6 Å². The van der Waals surface area contributed by atoms with Crippen molar-refractivity contribution in [1.29, 1.82) is 0 Å². The molecule has 2 rings (SSSR count). The van der Waals surface area contributed by atoms with Gasteiger partial charge in [-0.1, -0.05) is 57.2 Å². The van der Waals surface area contributed by atoms with E-state index in [9.17, 15) is 23.4 Å². The SMILES string of the molecule is CCCCCCCCS(=O)(=O)Nc1ccc(-c2ccc(O)cc2)cc1C(=O)O. The number of nitrogens with one attached hydrogen (secondary N) is 1. The van der Waals surface area contributed by atoms with Gasteiger partial charge in [-0.15, -0.1) is 0 Å². The number of phenols is 1. The number of sulfonamides is 1. The predicted molar refractivity (Wildman–Crippen MR) is 111 cm³/mol. The molecule has 0 saturated carbocycles. The molecule has 6 nitrogen and oxygen atoms in total. The fourth-order valence-electron chi connectivity index (χ4n) is 2.93. The first-order chi connectivity index (χ1) is 13.3. The molecule has 0 aliphatic rings. The standard InChI is InChI=1S/C21H27NO5S/c1-2-3-4-5-6-7-14-28(26,27)22-20-13-10-17(15-19(20)21(24)25)16-8-11-18(23)12-9-16/h8-13,15,22-23H,2-7,14H2,1H3,(H,24,25). The Balaban J connectivity index is 2.10. The number of hydrogen-bond donors (Lipinski definition) is 3. The van der Waals surface area contributed by atoms with Crippen LogP contribution in [-0.2, 0) is 10.0 Å². The van der Waals surface area contributed by atoms with Crippen LogP contribution in [0.4, 0.5) is 5.69 Å². The van der Waals surface area contributed by atoms with Crippen molar-refractivity contribution in [2.75, 3.05) is 10.5 Å². The Labute approximate surface area is 166 Å². The van der Waals surface area contributed by atoms with Crippen molar-refractivity contribution in [2.24, 2.45) is 0 Å². The number of benzene rings is 2. The summed E-state index contributed by atoms with van der Waals surface area (Å²) in [7, 11) is -3.61. The van der Waals surface area contributed by atoms with Gasteiger partial charge in [0.15, 0.2) is 0 Å². The summed E-state index contributed by atoms with van der Waals surface area (Å²) in [5.41, 5.74) is 1.29. The molecule has 7 heteroatoms. The monoisotopic (exact) mass is 405 g/mol. The summed E-state index contributed by atoms with van der Waals surface area (Å²) < 4.78 is 27.1. The molecule has 0 atom stereocenters. The third-order valence-electron chi connectivity index (χ3n) is 4.48. The molecule has 0 bridgehead atoms. The summed E-state index contributed by atoms with van der Waals surface area (Å²) >= 11 is 0. The number of unbranched alkanes of at least 4 members (excludes halogenated alkanes) is 5. The van der Waals surface area contributed by atoms with Crippen LogP contribution in [0.5, 0.6) is 5.75 Å². The van der Waals surface area contributed by atoms with E-state index >= 15 is 0 Å². The molecule has 0 amide bonds. The molecule has 0 heterocycles. The Bertz CT molecular complexity index is 892. The van der Waals surface area contributed by atoms with Crippen LogP contribution >= 0.6 is 0 Å². The van der Waals surface area contributed by atoms with Gasteiger partial charge < -0.3 is 10.2 Å². The molecular formula is C21H27NO5S. The van der Waals surface area contributed by atoms with Crippen molar-refractivity contribution in [2.45, 2.75) is 45.4 Å². The molecular weight excluding hydrogens is 378 g/mol. The first-order valence-electron chi connectivity index (χ1n) is 9.49. The van der Waals surface area contributed by atoms with Crippen LogP contribution in [0.15, 0.2) is 42.5 Å². The van der Waals surface area contributed by atoms with Gasteiger partial charge in [0, 0.05) is 0 Å². The highest BCUT2D eigenvalue weighted by Gasteiger charge is 2.17. The van der Waals surface area contributed by atoms with E-state index < -0.39 is 16.0 Å². The minimum Gasteiger partial charge on any atom is -0.508 e. The third-order valence-corrected chi connectivity index (χ3v) is 5.84. The zero-order chi connectivity index (χ0) is 20.6. The average Bonchev–Trinajstić information content (AvgIpc) is 2.65. The number of carboxylic acid groups (broad SMARTS) is 1. The number of phenolic OH excluding ortho intramolecular Hbond substituents is 1. The third kappa shape index (κ3) is 6.56. The molecule has 0 radical (unpaired) electrons. The number of rotatable bonds is 11. The van der Waals surface area contributed by atoms with E-state index in [0.29, 0.717) is 12.0 Å². The van der Waals surface area contributed by atoms with Crippen LogP contribution in [0, 0.1) is 0 Å². The molecule has 0 saturated heterocycles. The number of aromatic carboxylic acids is 1. The lowest BCUT2D eigenvalue weighted by atomic mass is 10.0. The summed E-state index contributed by atoms with van der Waals surface area (Å²) in [6.07, 6.45) is 5.79. The Hall–Kier alpha value is -2.54. The summed E-state index contributed by atoms with van der Waals surface area (Å²) in [6.45, 7) is 2.13. The van der Waals surface area contributed by atoms with E-state index in [1.165, 1.54) is 24.3 Å². The molecule has 0 spiro atoms. The van der Waals surface area contributed by atoms with Crippen LogP contribution in [0.1, 0.15) is 55.8 Å². The van der Waals surface area contributed by atoms with Crippen molar-refractivity contribution in [3.8, 4) is 16.9 Å². The van der Waals surface area contributed by atoms with Gasteiger partial charge in [0.1, 0.15) is 5.75 Å². The largest absolute Gasteiger partial charge is 0.508 e. The van der Waals surface area contributed by atoms with Crippen molar-refractivity contribution in [1.82, 2.24) is 0 Å². The number of carboxylic acids is 1. The highest BCUT2D eigenvalue weighted by Crippen LogP contribution is 2.27. The van der Waals surface area contributed by atoms with Crippen LogP contribution in [-0.4, -0.2) is 30.4 Å². The molecule has 28 heavy (non-hydrogen) atoms. The maximum absolute atomic E-state index is 12.3. The average molecular weight is 406 g/mol. The van der Waals surface area contributed by atoms with Crippen molar-refractivity contribution in [3.05, 3.63) is 48.0 Å². The Morgan fingerprint density at radius 1 is 0.929 bits per heavy atom. The number of aromatic hydroxyl groups is 1. The van der Waals surface area contributed by atoms with E-state index in [1.54, 1.807) is 18.2 Å². The van der Waals surface area contributed by atoms with Crippen LogP contribution < -0.4 is 4.72 Å². The Morgan fingerprint density at radius 2 is 1.54 bits per heavy atom. The second-order valence-electron chi connectivity index (χ2n) is 6.80. The van der Waals surface area contributed by atoms with Gasteiger partial charge in [0.2, 0.25) is 10.0 Å². The number of anilines is 1. The van der Waals surface area contributed by atoms with Gasteiger partial charge in [0.25, 0.3) is 0 Å². The molecule has 3 N–H and O–H groups in total. The van der Waals surface area contributed by atoms with Gasteiger partial charge in [-0.05, 0) is 41.8 Å². The number of carbonyl (C=O) groups is 1. The molecule has 0 unspecified atom stereocenters. The molecule has 152 valence electrons. The summed E-state index contributed by atoms with van der Waals surface area (Å²) in [4.78, 5) is 11.6. The topological polar surface area (TPSA) is 104 Å². The van der Waals surface area contributed by atoms with Gasteiger partial charge in [-0.25, -0.2) is 13.2 Å². The fourth-order valence-corrected chi connectivity index (χ4v) is 4.13. The van der Waals surface area contributed by atoms with Crippen LogP contribution in [0.3, 0.4) is 0 Å². The van der Waals surface area contributed by atoms with Gasteiger partial charge in [-0.2, -0.15) is 0 Å². The van der Waals surface area contributed by atoms with Gasteiger partial charge in [-0.3, -0.25) is 4.72 Å². The molecule has 2 aromatic rings. The van der Waals surface area contributed by atoms with E-state index in [-0.39, 0.29) is 22.8 Å². The normalized spacial score (nSPS) is 11.3. The lowest BCUT2D eigenvalue weighted by molar-refractivity contribution is 0.0698. The van der Waals surface area contributed by atoms with Gasteiger partial charge >= 0.3 is 5.97 Å². The van der Waals surface area contributed by atoms with Crippen molar-refractivity contribution < 1.29 is 23.4 Å². The highest BCUT2D eigenvalue weighted by atomic mass is 32.2. The zero-order valence-corrected chi connectivity index (χ0v) is 16.8. The van der Waals surface area contributed by atoms with Crippen molar-refractivity contribution in [3.63, 3.8) is 0 Å². The maximum atomic E-state index is 12.3. The molecule has 0 aromatic heterocycles. The Morgan fingerprint density at radius 3 is 2.18 bits per heavy atom. The van der Waals surface area contributed by atoms with Crippen molar-refractivity contribution >= 4 is 21.7 Å². The number of hydrogen-bond acceptors (Lipinski definition) is 4. The fraction of sp³-hybridized carbons (Fsp3) is 0.381. The highest BCUT2D eigenvalue weighted by molar-refractivity contribution is 7.92. The molecule has 0 fully saturated rings. The predicted octanol–water partition coefficient (Wildman–Crippen LogP) is 4.86. The van der Waals surface area contributed by atoms with E-state index in [4.69, 9.17) is 0 Å². The summed E-state index contributed by atoms with van der Waals surface area (Å²) in [5.74, 6) is -1.13. The molecule has 0 aliphatic carbocycles. The quantitative estimate of drug-likeness (QED) is 0.463. The van der Waals surface area contributed by atoms with E-state index in [1.807, 2.05) is 0 Å². The van der Waals surface area contributed by atoms with Crippen LogP contribution in [0.25, 0.3) is 11.1 Å². The minimum absolute atomic E-state index is 0.0299. The van der Waals surface area contributed by atoms with Gasteiger partial charge in [0.05, 0.1) is 17.0 Å². The first-order valence-corrected chi connectivity index (χ1v) is 11.1. The summed E-state index contributed by atoms with van der Waals surface area (Å²) in [6, 6.07) is 10.9. The second-order valence-corrected chi connectivity index (χ2v) is 8.64. The maximum Gasteiger partial charge on any atom is 0.337 e. The second kappa shape index (κ2) is 10.1. The summed E-state index contributed by atoms with van der Waals surface area (Å²) in [5, 5.41) is 18.9. The zero-order valence-electron chi connectivity index (χ0n) is 16.0. The minimum atomic E-state index is -3.61. The lowest BCUT2D eigenvalue weighted by Gasteiger charge is -2.12. The van der Waals surface area contributed by atoms with Crippen LogP contribution in [0.2, 0.25) is 0 Å². The molecule has 0 aliphatic heterocycles. The lowest BCUT2D eigenvalue weighted by Crippen LogP contribution is -2.18. The Kier molecular flexibility index (Phi) is 7.87. The van der Waals surface area contributed by atoms with E-state index in [0.717, 1.165) is 37.7 Å². The first kappa shape index (κ1) is 21.8. The smallest absolute Gasteiger partial charge is 0.337 e. The molecule has 2 aromatic carbocycles.